The summed E-state index contributed by atoms with van der Waals surface area (Å²) >= 11 is 14.8. The van der Waals surface area contributed by atoms with Gasteiger partial charge in [0.25, 0.3) is 0 Å². The van der Waals surface area contributed by atoms with Crippen molar-refractivity contribution in [3.05, 3.63) is 27.2 Å². The molecule has 3 N–H and O–H groups in total. The number of aryl methyl sites for hydroxylation is 1. The molecule has 0 radical (unpaired) electrons. The van der Waals surface area contributed by atoms with Gasteiger partial charge in [-0.1, -0.05) is 43.1 Å². The predicted molar refractivity (Wildman–Crippen MR) is 94.8 cm³/mol. The third-order valence-corrected chi connectivity index (χ3v) is 5.56. The van der Waals surface area contributed by atoms with E-state index in [2.05, 4.69) is 21.2 Å². The minimum atomic E-state index is -0.732. The van der Waals surface area contributed by atoms with Gasteiger partial charge in [0.1, 0.15) is 0 Å². The lowest BCUT2D eigenvalue weighted by molar-refractivity contribution is -0.123. The average molecular weight is 390 g/mol. The highest BCUT2D eigenvalue weighted by Crippen LogP contribution is 2.39. The van der Waals surface area contributed by atoms with E-state index < -0.39 is 5.41 Å². The van der Waals surface area contributed by atoms with E-state index in [4.69, 9.17) is 29.6 Å². The zero-order chi connectivity index (χ0) is 15.6. The number of halogens is 2. The van der Waals surface area contributed by atoms with Crippen LogP contribution in [0.5, 0.6) is 0 Å². The lowest BCUT2D eigenvalue weighted by Gasteiger charge is -2.34. The number of carbonyl (C=O) groups is 1. The largest absolute Gasteiger partial charge is 0.392 e. The Bertz CT molecular complexity index is 585. The second-order valence-corrected chi connectivity index (χ2v) is 7.24. The van der Waals surface area contributed by atoms with Gasteiger partial charge in [0.15, 0.2) is 0 Å². The summed E-state index contributed by atoms with van der Waals surface area (Å²) in [4.78, 5) is 13.0. The number of rotatable bonds is 3. The minimum Gasteiger partial charge on any atom is -0.392 e. The van der Waals surface area contributed by atoms with Gasteiger partial charge in [-0.2, -0.15) is 0 Å². The molecule has 1 aliphatic rings. The molecular formula is C15H18BrClN2OS. The molecule has 1 amide bonds. The summed E-state index contributed by atoms with van der Waals surface area (Å²) in [5.41, 5.74) is 6.75. The molecule has 3 nitrogen and oxygen atoms in total. The highest BCUT2D eigenvalue weighted by Gasteiger charge is 2.42. The van der Waals surface area contributed by atoms with Gasteiger partial charge in [0.05, 0.1) is 16.1 Å². The van der Waals surface area contributed by atoms with E-state index in [0.717, 1.165) is 29.3 Å². The van der Waals surface area contributed by atoms with E-state index in [1.807, 2.05) is 13.0 Å². The monoisotopic (exact) mass is 388 g/mol. The maximum Gasteiger partial charge on any atom is 0.237 e. The quantitative estimate of drug-likeness (QED) is 0.744. The highest BCUT2D eigenvalue weighted by atomic mass is 79.9. The van der Waals surface area contributed by atoms with Gasteiger partial charge < -0.3 is 11.1 Å². The molecule has 1 aliphatic carbocycles. The highest BCUT2D eigenvalue weighted by molar-refractivity contribution is 9.10. The average Bonchev–Trinajstić information content (AvgIpc) is 2.45. The molecule has 0 atom stereocenters. The lowest BCUT2D eigenvalue weighted by Crippen LogP contribution is -2.47. The second-order valence-electron chi connectivity index (χ2n) is 5.54. The normalized spacial score (nSPS) is 17.3. The first-order chi connectivity index (χ1) is 9.86. The van der Waals surface area contributed by atoms with Crippen LogP contribution in [0.2, 0.25) is 5.02 Å². The maximum atomic E-state index is 12.7. The zero-order valence-corrected chi connectivity index (χ0v) is 15.0. The third kappa shape index (κ3) is 3.41. The molecule has 0 heterocycles. The van der Waals surface area contributed by atoms with Gasteiger partial charge in [0, 0.05) is 9.50 Å². The Hall–Kier alpha value is -0.650. The first-order valence-electron chi connectivity index (χ1n) is 6.94. The summed E-state index contributed by atoms with van der Waals surface area (Å²) in [6, 6.07) is 3.63. The van der Waals surface area contributed by atoms with Gasteiger partial charge in [-0.25, -0.2) is 0 Å². The van der Waals surface area contributed by atoms with Gasteiger partial charge >= 0.3 is 0 Å². The van der Waals surface area contributed by atoms with Crippen molar-refractivity contribution in [3.63, 3.8) is 0 Å². The summed E-state index contributed by atoms with van der Waals surface area (Å²) in [5, 5.41) is 3.54. The van der Waals surface area contributed by atoms with E-state index in [-0.39, 0.29) is 10.9 Å². The zero-order valence-electron chi connectivity index (χ0n) is 11.8. The summed E-state index contributed by atoms with van der Waals surface area (Å²) in [6.45, 7) is 1.91. The lowest BCUT2D eigenvalue weighted by atomic mass is 9.73. The van der Waals surface area contributed by atoms with E-state index in [0.29, 0.717) is 23.6 Å². The fraction of sp³-hybridized carbons (Fsp3) is 0.467. The van der Waals surface area contributed by atoms with Gasteiger partial charge in [-0.15, -0.1) is 0 Å². The molecule has 2 rings (SSSR count). The Kier molecular flexibility index (Phi) is 5.28. The maximum absolute atomic E-state index is 12.7. The molecule has 0 bridgehead atoms. The Morgan fingerprint density at radius 2 is 2.00 bits per heavy atom. The Labute approximate surface area is 143 Å². The summed E-state index contributed by atoms with van der Waals surface area (Å²) < 4.78 is 0.798. The van der Waals surface area contributed by atoms with Crippen molar-refractivity contribution in [1.82, 2.24) is 0 Å². The summed E-state index contributed by atoms with van der Waals surface area (Å²) in [5.74, 6) is -0.129. The van der Waals surface area contributed by atoms with Crippen LogP contribution in [-0.4, -0.2) is 10.9 Å². The van der Waals surface area contributed by atoms with Crippen LogP contribution >= 0.6 is 39.7 Å². The van der Waals surface area contributed by atoms with Crippen molar-refractivity contribution in [2.24, 2.45) is 11.1 Å². The van der Waals surface area contributed by atoms with E-state index >= 15 is 0 Å². The SMILES string of the molecule is Cc1cc(Br)c(NC(=O)C2(C(N)=S)CCCCC2)cc1Cl. The number of benzene rings is 1. The summed E-state index contributed by atoms with van der Waals surface area (Å²) in [7, 11) is 0. The molecule has 0 aromatic heterocycles. The number of carbonyl (C=O) groups excluding carboxylic acids is 1. The molecule has 0 unspecified atom stereocenters. The van der Waals surface area contributed by atoms with E-state index in [1.54, 1.807) is 6.07 Å². The molecule has 114 valence electrons. The molecule has 1 aromatic rings. The van der Waals surface area contributed by atoms with E-state index in [9.17, 15) is 4.79 Å². The van der Waals surface area contributed by atoms with Crippen LogP contribution < -0.4 is 11.1 Å². The standard InChI is InChI=1S/C15H18BrClN2OS/c1-9-7-10(16)12(8-11(9)17)19-14(20)15(13(18)21)5-3-2-4-6-15/h7-8H,2-6H2,1H3,(H2,18,21)(H,19,20). The Balaban J connectivity index is 2.27. The fourth-order valence-electron chi connectivity index (χ4n) is 2.72. The Morgan fingerprint density at radius 1 is 1.38 bits per heavy atom. The smallest absolute Gasteiger partial charge is 0.237 e. The molecule has 1 saturated carbocycles. The minimum absolute atomic E-state index is 0.129. The number of amides is 1. The van der Waals surface area contributed by atoms with E-state index in [1.165, 1.54) is 0 Å². The number of nitrogens with one attached hydrogen (secondary N) is 1. The van der Waals surface area contributed by atoms with Crippen molar-refractivity contribution in [1.29, 1.82) is 0 Å². The summed E-state index contributed by atoms with van der Waals surface area (Å²) in [6.07, 6.45) is 4.50. The van der Waals surface area contributed by atoms with Crippen LogP contribution in [0, 0.1) is 12.3 Å². The van der Waals surface area contributed by atoms with Crippen molar-refractivity contribution in [2.45, 2.75) is 39.0 Å². The molecule has 0 spiro atoms. The number of anilines is 1. The van der Waals surface area contributed by atoms with Crippen LogP contribution in [0.4, 0.5) is 5.69 Å². The predicted octanol–water partition coefficient (Wildman–Crippen LogP) is 4.59. The van der Waals surface area contributed by atoms with Crippen molar-refractivity contribution in [3.8, 4) is 0 Å². The Morgan fingerprint density at radius 3 is 2.57 bits per heavy atom. The molecule has 0 saturated heterocycles. The number of nitrogens with two attached hydrogens (primary N) is 1. The molecular weight excluding hydrogens is 372 g/mol. The van der Waals surface area contributed by atoms with Gasteiger partial charge in [-0.3, -0.25) is 4.79 Å². The molecule has 1 aromatic carbocycles. The fourth-order valence-corrected chi connectivity index (χ4v) is 3.74. The van der Waals surface area contributed by atoms with Crippen molar-refractivity contribution < 1.29 is 4.79 Å². The van der Waals surface area contributed by atoms with Crippen LogP contribution in [0.1, 0.15) is 37.7 Å². The number of hydrogen-bond donors (Lipinski definition) is 2. The third-order valence-electron chi connectivity index (χ3n) is 4.11. The first-order valence-corrected chi connectivity index (χ1v) is 8.52. The second kappa shape index (κ2) is 6.63. The number of thiocarbonyl (C=S) groups is 1. The van der Waals surface area contributed by atoms with Crippen LogP contribution in [0.3, 0.4) is 0 Å². The topological polar surface area (TPSA) is 55.1 Å². The van der Waals surface area contributed by atoms with Crippen LogP contribution in [0.25, 0.3) is 0 Å². The van der Waals surface area contributed by atoms with Crippen LogP contribution in [0.15, 0.2) is 16.6 Å². The van der Waals surface area contributed by atoms with Crippen LogP contribution in [-0.2, 0) is 4.79 Å². The molecule has 1 fully saturated rings. The van der Waals surface area contributed by atoms with Crippen molar-refractivity contribution >= 4 is 56.3 Å². The van der Waals surface area contributed by atoms with Gasteiger partial charge in [0.2, 0.25) is 5.91 Å². The molecule has 21 heavy (non-hydrogen) atoms. The van der Waals surface area contributed by atoms with Gasteiger partial charge in [-0.05, 0) is 53.4 Å². The first kappa shape index (κ1) is 16.7. The number of hydrogen-bond acceptors (Lipinski definition) is 2. The molecule has 6 heteroatoms. The van der Waals surface area contributed by atoms with Crippen molar-refractivity contribution in [2.75, 3.05) is 5.32 Å². The molecule has 0 aliphatic heterocycles.